The van der Waals surface area contributed by atoms with E-state index in [9.17, 15) is 18.3 Å². The van der Waals surface area contributed by atoms with E-state index >= 15 is 0 Å². The second-order valence-electron chi connectivity index (χ2n) is 5.86. The van der Waals surface area contributed by atoms with Gasteiger partial charge in [-0.25, -0.2) is 0 Å². The number of halogens is 3. The summed E-state index contributed by atoms with van der Waals surface area (Å²) in [6.07, 6.45) is -6.59. The summed E-state index contributed by atoms with van der Waals surface area (Å²) in [6.45, 7) is 9.50. The van der Waals surface area contributed by atoms with Gasteiger partial charge >= 0.3 is 6.18 Å². The minimum atomic E-state index is -4.54. The number of anilines is 1. The zero-order valence-electron chi connectivity index (χ0n) is 15.0. The zero-order chi connectivity index (χ0) is 20.1. The van der Waals surface area contributed by atoms with Crippen LogP contribution in [-0.4, -0.2) is 35.0 Å². The lowest BCUT2D eigenvalue weighted by molar-refractivity contribution is -0.189. The molecule has 146 valence electrons. The molecule has 1 heterocycles. The molecule has 4 N–H and O–H groups in total. The predicted molar refractivity (Wildman–Crippen MR) is 91.6 cm³/mol. The molecule has 0 aliphatic rings. The molecule has 0 unspecified atom stereocenters. The average Bonchev–Trinajstić information content (AvgIpc) is 2.45. The quantitative estimate of drug-likeness (QED) is 0.500. The van der Waals surface area contributed by atoms with Crippen molar-refractivity contribution in [3.63, 3.8) is 0 Å². The lowest BCUT2D eigenvalue weighted by Crippen LogP contribution is -2.31. The number of nitrogens with zero attached hydrogens (tertiary/aromatic N) is 2. The Balaban J connectivity index is 3.14. The number of rotatable bonds is 7. The van der Waals surface area contributed by atoms with Gasteiger partial charge in [-0.1, -0.05) is 6.58 Å². The molecule has 0 saturated carbocycles. The number of aromatic nitrogens is 1. The Kier molecular flexibility index (Phi) is 6.85. The van der Waals surface area contributed by atoms with Crippen molar-refractivity contribution in [1.82, 2.24) is 4.98 Å². The smallest absolute Gasteiger partial charge is 0.425 e. The maximum Gasteiger partial charge on any atom is 0.425 e. The molecule has 0 aromatic carbocycles. The van der Waals surface area contributed by atoms with E-state index in [0.29, 0.717) is 12.2 Å². The van der Waals surface area contributed by atoms with Crippen molar-refractivity contribution in [3.8, 4) is 5.88 Å². The fraction of sp³-hybridized carbons (Fsp3) is 0.500. The summed E-state index contributed by atoms with van der Waals surface area (Å²) >= 11 is 0. The number of hydrogen-bond acceptors (Lipinski definition) is 6. The Hall–Kier alpha value is -2.49. The average molecular weight is 376 g/mol. The van der Waals surface area contributed by atoms with Crippen molar-refractivity contribution in [2.45, 2.75) is 45.6 Å². The van der Waals surface area contributed by atoms with E-state index in [-0.39, 0.29) is 23.5 Å². The SMILES string of the molecule is C=C(/N=C(\N)OCC)Nc1nc(O[C@@H](C)C(F)(F)F)ccc1C(C)(C)O. The molecule has 1 rings (SSSR count). The fourth-order valence-electron chi connectivity index (χ4n) is 1.82. The van der Waals surface area contributed by atoms with E-state index < -0.39 is 17.9 Å². The minimum absolute atomic E-state index is 0.0231. The number of ether oxygens (including phenoxy) is 2. The maximum absolute atomic E-state index is 12.7. The molecule has 10 heteroatoms. The molecule has 1 aromatic heterocycles. The second-order valence-corrected chi connectivity index (χ2v) is 5.86. The van der Waals surface area contributed by atoms with Gasteiger partial charge in [0.05, 0.1) is 12.2 Å². The van der Waals surface area contributed by atoms with Crippen LogP contribution in [0.5, 0.6) is 5.88 Å². The van der Waals surface area contributed by atoms with Gasteiger partial charge in [0, 0.05) is 11.6 Å². The molecule has 0 bridgehead atoms. The van der Waals surface area contributed by atoms with Crippen LogP contribution in [0.3, 0.4) is 0 Å². The van der Waals surface area contributed by atoms with Crippen LogP contribution < -0.4 is 15.8 Å². The molecule has 7 nitrogen and oxygen atoms in total. The first-order valence-corrected chi connectivity index (χ1v) is 7.74. The Morgan fingerprint density at radius 2 is 2.04 bits per heavy atom. The standard InChI is InChI=1S/C16H23F3N4O3/c1-6-25-14(20)22-10(3)21-13-11(15(4,5)24)7-8-12(23-13)26-9(2)16(17,18)19/h7-9,24H,3,6H2,1-2,4-5H3,(H2,20,22)(H,21,23)/t9-/m0/s1. The monoisotopic (exact) mass is 376 g/mol. The Labute approximate surface area is 149 Å². The Morgan fingerprint density at radius 1 is 1.42 bits per heavy atom. The number of aliphatic hydroxyl groups is 1. The van der Waals surface area contributed by atoms with Gasteiger partial charge < -0.3 is 25.6 Å². The van der Waals surface area contributed by atoms with Gasteiger partial charge in [0.25, 0.3) is 6.02 Å². The summed E-state index contributed by atoms with van der Waals surface area (Å²) in [5.41, 5.74) is 4.48. The van der Waals surface area contributed by atoms with Crippen molar-refractivity contribution < 1.29 is 27.8 Å². The highest BCUT2D eigenvalue weighted by Crippen LogP contribution is 2.31. The van der Waals surface area contributed by atoms with Crippen molar-refractivity contribution >= 4 is 11.8 Å². The van der Waals surface area contributed by atoms with E-state index in [0.717, 1.165) is 6.92 Å². The molecule has 0 spiro atoms. The first-order valence-electron chi connectivity index (χ1n) is 7.74. The molecule has 0 aliphatic heterocycles. The lowest BCUT2D eigenvalue weighted by Gasteiger charge is -2.23. The first-order chi connectivity index (χ1) is 11.8. The third-order valence-corrected chi connectivity index (χ3v) is 3.09. The number of amidine groups is 1. The summed E-state index contributed by atoms with van der Waals surface area (Å²) < 4.78 is 47.8. The molecule has 0 aliphatic carbocycles. The molecule has 26 heavy (non-hydrogen) atoms. The van der Waals surface area contributed by atoms with Crippen molar-refractivity contribution in [2.24, 2.45) is 10.7 Å². The van der Waals surface area contributed by atoms with Gasteiger partial charge in [0.1, 0.15) is 11.6 Å². The van der Waals surface area contributed by atoms with Crippen LogP contribution in [0.1, 0.15) is 33.3 Å². The number of alkyl halides is 3. The highest BCUT2D eigenvalue weighted by Gasteiger charge is 2.38. The van der Waals surface area contributed by atoms with Crippen LogP contribution in [0, 0.1) is 0 Å². The summed E-state index contributed by atoms with van der Waals surface area (Å²) in [5.74, 6) is -0.225. The number of pyridine rings is 1. The third kappa shape index (κ3) is 6.43. The van der Waals surface area contributed by atoms with E-state index in [1.807, 2.05) is 0 Å². The molecule has 0 radical (unpaired) electrons. The van der Waals surface area contributed by atoms with Crippen LogP contribution in [0.4, 0.5) is 19.0 Å². The van der Waals surface area contributed by atoms with Gasteiger partial charge in [0.15, 0.2) is 6.10 Å². The highest BCUT2D eigenvalue weighted by atomic mass is 19.4. The van der Waals surface area contributed by atoms with Gasteiger partial charge in [0.2, 0.25) is 5.88 Å². The van der Waals surface area contributed by atoms with Gasteiger partial charge in [-0.15, -0.1) is 0 Å². The number of aliphatic imine (C=N–C) groups is 1. The van der Waals surface area contributed by atoms with Crippen LogP contribution in [0.2, 0.25) is 0 Å². The molecule has 0 fully saturated rings. The van der Waals surface area contributed by atoms with Crippen LogP contribution >= 0.6 is 0 Å². The van der Waals surface area contributed by atoms with E-state index in [1.54, 1.807) is 6.92 Å². The predicted octanol–water partition coefficient (Wildman–Crippen LogP) is 2.87. The molecule has 1 aromatic rings. The van der Waals surface area contributed by atoms with Crippen LogP contribution in [-0.2, 0) is 10.3 Å². The lowest BCUT2D eigenvalue weighted by atomic mass is 9.99. The topological polar surface area (TPSA) is 102 Å². The normalized spacial score (nSPS) is 13.9. The molecule has 1 atom stereocenters. The van der Waals surface area contributed by atoms with E-state index in [1.165, 1.54) is 26.0 Å². The molecular formula is C16H23F3N4O3. The molecule has 0 saturated heterocycles. The van der Waals surface area contributed by atoms with Gasteiger partial charge in [-0.3, -0.25) is 0 Å². The first kappa shape index (κ1) is 21.6. The Morgan fingerprint density at radius 3 is 2.54 bits per heavy atom. The van der Waals surface area contributed by atoms with Crippen molar-refractivity contribution in [2.75, 3.05) is 11.9 Å². The summed E-state index contributed by atoms with van der Waals surface area (Å²) in [7, 11) is 0. The number of hydrogen-bond donors (Lipinski definition) is 3. The van der Waals surface area contributed by atoms with E-state index in [2.05, 4.69) is 21.9 Å². The van der Waals surface area contributed by atoms with Gasteiger partial charge in [-0.05, 0) is 33.8 Å². The molecule has 0 amide bonds. The number of nitrogens with one attached hydrogen (secondary N) is 1. The minimum Gasteiger partial charge on any atom is -0.465 e. The Bertz CT molecular complexity index is 670. The van der Waals surface area contributed by atoms with Crippen LogP contribution in [0.25, 0.3) is 0 Å². The maximum atomic E-state index is 12.7. The van der Waals surface area contributed by atoms with Crippen molar-refractivity contribution in [3.05, 3.63) is 30.1 Å². The number of nitrogens with two attached hydrogens (primary N) is 1. The zero-order valence-corrected chi connectivity index (χ0v) is 15.0. The second kappa shape index (κ2) is 8.26. The van der Waals surface area contributed by atoms with Crippen LogP contribution in [0.15, 0.2) is 29.5 Å². The largest absolute Gasteiger partial charge is 0.465 e. The van der Waals surface area contributed by atoms with E-state index in [4.69, 9.17) is 15.2 Å². The third-order valence-electron chi connectivity index (χ3n) is 3.09. The van der Waals surface area contributed by atoms with Crippen molar-refractivity contribution in [1.29, 1.82) is 0 Å². The highest BCUT2D eigenvalue weighted by molar-refractivity contribution is 5.73. The molecular weight excluding hydrogens is 353 g/mol. The van der Waals surface area contributed by atoms with Gasteiger partial charge in [-0.2, -0.15) is 23.1 Å². The summed E-state index contributed by atoms with van der Waals surface area (Å²) in [6, 6.07) is 2.49. The summed E-state index contributed by atoms with van der Waals surface area (Å²) in [4.78, 5) is 7.82. The fourth-order valence-corrected chi connectivity index (χ4v) is 1.82. The summed E-state index contributed by atoms with van der Waals surface area (Å²) in [5, 5.41) is 12.9.